The average molecular weight is 387 g/mol. The Morgan fingerprint density at radius 2 is 2.11 bits per heavy atom. The van der Waals surface area contributed by atoms with E-state index in [4.69, 9.17) is 16.3 Å². The zero-order valence-corrected chi connectivity index (χ0v) is 15.0. The van der Waals surface area contributed by atoms with E-state index >= 15 is 0 Å². The molecule has 27 heavy (non-hydrogen) atoms. The number of nitrogens with one attached hydrogen (secondary N) is 1. The molecule has 0 unspecified atom stereocenters. The van der Waals surface area contributed by atoms with Crippen LogP contribution in [0.3, 0.4) is 0 Å². The van der Waals surface area contributed by atoms with Crippen molar-refractivity contribution in [3.05, 3.63) is 81.1 Å². The van der Waals surface area contributed by atoms with Crippen LogP contribution in [-0.2, 0) is 6.73 Å². The van der Waals surface area contributed by atoms with Gasteiger partial charge in [-0.1, -0.05) is 17.7 Å². The third-order valence-corrected chi connectivity index (χ3v) is 3.94. The van der Waals surface area contributed by atoms with Gasteiger partial charge in [-0.15, -0.1) is 0 Å². The van der Waals surface area contributed by atoms with Crippen LogP contribution < -0.4 is 10.1 Å². The zero-order valence-electron chi connectivity index (χ0n) is 14.3. The van der Waals surface area contributed by atoms with E-state index in [-0.39, 0.29) is 18.1 Å². The molecule has 0 aliphatic carbocycles. The van der Waals surface area contributed by atoms with Gasteiger partial charge in [-0.25, -0.2) is 4.68 Å². The Morgan fingerprint density at radius 1 is 1.30 bits per heavy atom. The number of carbonyl (C=O) groups is 1. The number of aryl methyl sites for hydroxylation is 1. The number of nitrogens with zero attached hydrogens (tertiary/aromatic N) is 3. The van der Waals surface area contributed by atoms with Crippen molar-refractivity contribution in [3.63, 3.8) is 0 Å². The number of amides is 1. The first-order chi connectivity index (χ1) is 12.9. The van der Waals surface area contributed by atoms with Crippen LogP contribution in [-0.4, -0.2) is 20.6 Å². The molecule has 9 heteroatoms. The highest BCUT2D eigenvalue weighted by Crippen LogP contribution is 2.22. The van der Waals surface area contributed by atoms with E-state index in [1.54, 1.807) is 43.5 Å². The maximum atomic E-state index is 12.3. The molecule has 0 spiro atoms. The van der Waals surface area contributed by atoms with E-state index in [0.29, 0.717) is 22.0 Å². The lowest BCUT2D eigenvalue weighted by atomic mass is 10.1. The lowest BCUT2D eigenvalue weighted by Crippen LogP contribution is -2.15. The molecule has 0 saturated heterocycles. The number of nitro groups is 1. The molecular weight excluding hydrogens is 372 g/mol. The Bertz CT molecular complexity index is 1000. The number of rotatable bonds is 6. The molecule has 1 N–H and O–H groups in total. The summed E-state index contributed by atoms with van der Waals surface area (Å²) in [5, 5.41) is 18.2. The SMILES string of the molecule is Cc1cc([N+](=O)[O-])ccc1NC(=O)c1ccn(COc2cccc(Cl)c2)n1. The molecule has 138 valence electrons. The Morgan fingerprint density at radius 3 is 2.81 bits per heavy atom. The molecule has 0 atom stereocenters. The zero-order chi connectivity index (χ0) is 19.4. The molecule has 0 bridgehead atoms. The number of anilines is 1. The summed E-state index contributed by atoms with van der Waals surface area (Å²) in [6, 6.07) is 12.7. The number of ether oxygens (including phenoxy) is 1. The largest absolute Gasteiger partial charge is 0.471 e. The van der Waals surface area contributed by atoms with Crippen LogP contribution >= 0.6 is 11.6 Å². The fourth-order valence-corrected chi connectivity index (χ4v) is 2.52. The topological polar surface area (TPSA) is 99.3 Å². The Labute approximate surface area is 159 Å². The highest BCUT2D eigenvalue weighted by Gasteiger charge is 2.13. The second-order valence-corrected chi connectivity index (χ2v) is 6.12. The van der Waals surface area contributed by atoms with Crippen molar-refractivity contribution in [1.29, 1.82) is 0 Å². The third kappa shape index (κ3) is 4.62. The van der Waals surface area contributed by atoms with Crippen molar-refractivity contribution >= 4 is 28.9 Å². The van der Waals surface area contributed by atoms with Gasteiger partial charge < -0.3 is 10.1 Å². The number of carbonyl (C=O) groups excluding carboxylic acids is 1. The fourth-order valence-electron chi connectivity index (χ4n) is 2.34. The van der Waals surface area contributed by atoms with Gasteiger partial charge in [-0.3, -0.25) is 14.9 Å². The van der Waals surface area contributed by atoms with Crippen LogP contribution in [0.4, 0.5) is 11.4 Å². The van der Waals surface area contributed by atoms with Gasteiger partial charge in [0.25, 0.3) is 11.6 Å². The predicted molar refractivity (Wildman–Crippen MR) is 100 cm³/mol. The van der Waals surface area contributed by atoms with Crippen molar-refractivity contribution in [2.24, 2.45) is 0 Å². The maximum Gasteiger partial charge on any atom is 0.276 e. The molecule has 1 amide bonds. The van der Waals surface area contributed by atoms with Gasteiger partial charge in [0.15, 0.2) is 12.4 Å². The number of aromatic nitrogens is 2. The predicted octanol–water partition coefficient (Wildman–Crippen LogP) is 4.04. The summed E-state index contributed by atoms with van der Waals surface area (Å²) in [6.45, 7) is 1.80. The summed E-state index contributed by atoms with van der Waals surface area (Å²) in [4.78, 5) is 22.6. The van der Waals surface area contributed by atoms with Gasteiger partial charge in [-0.05, 0) is 42.8 Å². The van der Waals surface area contributed by atoms with Crippen LogP contribution in [0.15, 0.2) is 54.7 Å². The van der Waals surface area contributed by atoms with Crippen LogP contribution in [0.2, 0.25) is 5.02 Å². The quantitative estimate of drug-likeness (QED) is 0.509. The highest BCUT2D eigenvalue weighted by atomic mass is 35.5. The van der Waals surface area contributed by atoms with E-state index in [1.165, 1.54) is 22.9 Å². The van der Waals surface area contributed by atoms with Gasteiger partial charge in [0.1, 0.15) is 5.75 Å². The van der Waals surface area contributed by atoms with E-state index in [2.05, 4.69) is 10.4 Å². The van der Waals surface area contributed by atoms with Crippen molar-refractivity contribution in [1.82, 2.24) is 9.78 Å². The number of non-ortho nitro benzene ring substituents is 1. The number of hydrogen-bond acceptors (Lipinski definition) is 5. The number of hydrogen-bond donors (Lipinski definition) is 1. The van der Waals surface area contributed by atoms with E-state index in [9.17, 15) is 14.9 Å². The highest BCUT2D eigenvalue weighted by molar-refractivity contribution is 6.30. The van der Waals surface area contributed by atoms with Crippen molar-refractivity contribution < 1.29 is 14.5 Å². The Kier molecular flexibility index (Phi) is 5.37. The summed E-state index contributed by atoms with van der Waals surface area (Å²) in [7, 11) is 0. The second-order valence-electron chi connectivity index (χ2n) is 5.68. The van der Waals surface area contributed by atoms with Gasteiger partial charge >= 0.3 is 0 Å². The minimum Gasteiger partial charge on any atom is -0.471 e. The van der Waals surface area contributed by atoms with Crippen molar-refractivity contribution in [2.45, 2.75) is 13.7 Å². The third-order valence-electron chi connectivity index (χ3n) is 3.70. The molecule has 3 aromatic rings. The van der Waals surface area contributed by atoms with Gasteiger partial charge in [-0.2, -0.15) is 5.10 Å². The minimum atomic E-state index is -0.486. The Balaban J connectivity index is 1.64. The maximum absolute atomic E-state index is 12.3. The number of nitro benzene ring substituents is 1. The van der Waals surface area contributed by atoms with Crippen LogP contribution in [0.5, 0.6) is 5.75 Å². The van der Waals surface area contributed by atoms with Crippen LogP contribution in [0, 0.1) is 17.0 Å². The summed E-state index contributed by atoms with van der Waals surface area (Å²) < 4.78 is 7.03. The van der Waals surface area contributed by atoms with Crippen molar-refractivity contribution in [2.75, 3.05) is 5.32 Å². The van der Waals surface area contributed by atoms with Crippen molar-refractivity contribution in [3.8, 4) is 5.75 Å². The molecule has 1 aromatic heterocycles. The molecular formula is C18H15ClN4O4. The number of benzene rings is 2. The normalized spacial score (nSPS) is 10.4. The molecule has 0 fully saturated rings. The monoisotopic (exact) mass is 386 g/mol. The smallest absolute Gasteiger partial charge is 0.276 e. The standard InChI is InChI=1S/C18H15ClN4O4/c1-12-9-14(23(25)26)5-6-16(12)20-18(24)17-7-8-22(21-17)11-27-15-4-2-3-13(19)10-15/h2-10H,11H2,1H3,(H,20,24). The van der Waals surface area contributed by atoms with E-state index in [1.807, 2.05) is 0 Å². The van der Waals surface area contributed by atoms with E-state index < -0.39 is 10.8 Å². The average Bonchev–Trinajstić information content (AvgIpc) is 3.11. The molecule has 0 saturated carbocycles. The number of halogens is 1. The molecule has 0 radical (unpaired) electrons. The summed E-state index contributed by atoms with van der Waals surface area (Å²) in [5.74, 6) is 0.166. The van der Waals surface area contributed by atoms with E-state index in [0.717, 1.165) is 0 Å². The van der Waals surface area contributed by atoms with Gasteiger partial charge in [0.2, 0.25) is 0 Å². The van der Waals surface area contributed by atoms with Gasteiger partial charge in [0.05, 0.1) is 4.92 Å². The Hall–Kier alpha value is -3.39. The first-order valence-corrected chi connectivity index (χ1v) is 8.28. The summed E-state index contributed by atoms with van der Waals surface area (Å²) >= 11 is 5.90. The first-order valence-electron chi connectivity index (χ1n) is 7.90. The lowest BCUT2D eigenvalue weighted by molar-refractivity contribution is -0.384. The molecule has 0 aliphatic heterocycles. The first kappa shape index (κ1) is 18.4. The molecule has 2 aromatic carbocycles. The molecule has 3 rings (SSSR count). The molecule has 0 aliphatic rings. The summed E-state index contributed by atoms with van der Waals surface area (Å²) in [6.07, 6.45) is 1.61. The van der Waals surface area contributed by atoms with Crippen LogP contribution in [0.1, 0.15) is 16.1 Å². The summed E-state index contributed by atoms with van der Waals surface area (Å²) in [5.41, 5.74) is 1.23. The van der Waals surface area contributed by atoms with Gasteiger partial charge in [0, 0.05) is 29.0 Å². The fraction of sp³-hybridized carbons (Fsp3) is 0.111. The lowest BCUT2D eigenvalue weighted by Gasteiger charge is -2.07. The minimum absolute atomic E-state index is 0.0343. The molecule has 8 nitrogen and oxygen atoms in total. The second kappa shape index (κ2) is 7.88. The van der Waals surface area contributed by atoms with Crippen LogP contribution in [0.25, 0.3) is 0 Å². The molecule has 1 heterocycles.